The molecule has 0 fully saturated rings. The third-order valence-electron chi connectivity index (χ3n) is 2.13. The highest BCUT2D eigenvalue weighted by atomic mass is 35.5. The molecule has 0 atom stereocenters. The molecule has 1 amide bonds. The SMILES string of the molecule is Cl.NC(=O)c1ccc(-c2ccccn2)cc1. The maximum absolute atomic E-state index is 10.9. The number of carbonyl (C=O) groups excluding carboxylic acids is 1. The Balaban J connectivity index is 0.00000128. The monoisotopic (exact) mass is 234 g/mol. The van der Waals surface area contributed by atoms with Crippen LogP contribution in [0.3, 0.4) is 0 Å². The van der Waals surface area contributed by atoms with Crippen LogP contribution in [0.5, 0.6) is 0 Å². The molecule has 82 valence electrons. The molecule has 1 aromatic heterocycles. The molecule has 0 radical (unpaired) electrons. The molecule has 0 aliphatic carbocycles. The molecular weight excluding hydrogens is 224 g/mol. The van der Waals surface area contributed by atoms with Crippen LogP contribution in [-0.4, -0.2) is 10.9 Å². The normalized spacial score (nSPS) is 9.25. The molecule has 0 unspecified atom stereocenters. The van der Waals surface area contributed by atoms with Crippen molar-refractivity contribution in [2.45, 2.75) is 0 Å². The summed E-state index contributed by atoms with van der Waals surface area (Å²) in [6.45, 7) is 0. The summed E-state index contributed by atoms with van der Waals surface area (Å²) in [6.07, 6.45) is 1.73. The number of pyridine rings is 1. The van der Waals surface area contributed by atoms with Gasteiger partial charge < -0.3 is 5.73 Å². The second-order valence-corrected chi connectivity index (χ2v) is 3.16. The van der Waals surface area contributed by atoms with E-state index in [9.17, 15) is 4.79 Å². The zero-order chi connectivity index (χ0) is 10.7. The van der Waals surface area contributed by atoms with Crippen LogP contribution in [0.2, 0.25) is 0 Å². The largest absolute Gasteiger partial charge is 0.366 e. The first kappa shape index (κ1) is 12.2. The lowest BCUT2D eigenvalue weighted by atomic mass is 10.1. The summed E-state index contributed by atoms with van der Waals surface area (Å²) < 4.78 is 0. The van der Waals surface area contributed by atoms with Crippen molar-refractivity contribution in [2.24, 2.45) is 5.73 Å². The van der Waals surface area contributed by atoms with Gasteiger partial charge in [0.25, 0.3) is 0 Å². The molecule has 2 N–H and O–H groups in total. The fourth-order valence-corrected chi connectivity index (χ4v) is 1.34. The minimum atomic E-state index is -0.414. The van der Waals surface area contributed by atoms with Crippen LogP contribution < -0.4 is 5.73 Å². The van der Waals surface area contributed by atoms with Gasteiger partial charge >= 0.3 is 0 Å². The molecule has 0 spiro atoms. The number of hydrogen-bond donors (Lipinski definition) is 1. The lowest BCUT2D eigenvalue weighted by molar-refractivity contribution is 0.100. The first-order chi connectivity index (χ1) is 7.27. The van der Waals surface area contributed by atoms with Crippen molar-refractivity contribution in [3.8, 4) is 11.3 Å². The molecule has 2 aromatic rings. The number of nitrogens with two attached hydrogens (primary N) is 1. The predicted octanol–water partition coefficient (Wildman–Crippen LogP) is 2.27. The standard InChI is InChI=1S/C12H10N2O.ClH/c13-12(15)10-6-4-9(5-7-10)11-3-1-2-8-14-11;/h1-8H,(H2,13,15);1H. The van der Waals surface area contributed by atoms with E-state index in [4.69, 9.17) is 5.73 Å². The van der Waals surface area contributed by atoms with Gasteiger partial charge in [0.1, 0.15) is 0 Å². The number of rotatable bonds is 2. The van der Waals surface area contributed by atoms with Crippen molar-refractivity contribution in [3.63, 3.8) is 0 Å². The van der Waals surface area contributed by atoms with E-state index in [1.807, 2.05) is 30.3 Å². The summed E-state index contributed by atoms with van der Waals surface area (Å²) in [7, 11) is 0. The second kappa shape index (κ2) is 5.28. The summed E-state index contributed by atoms with van der Waals surface area (Å²) >= 11 is 0. The Kier molecular flexibility index (Phi) is 4.03. The molecule has 1 aromatic carbocycles. The van der Waals surface area contributed by atoms with E-state index in [1.54, 1.807) is 18.3 Å². The lowest BCUT2D eigenvalue weighted by Crippen LogP contribution is -2.10. The van der Waals surface area contributed by atoms with Crippen molar-refractivity contribution in [1.82, 2.24) is 4.98 Å². The number of carbonyl (C=O) groups is 1. The molecule has 16 heavy (non-hydrogen) atoms. The Morgan fingerprint density at radius 3 is 2.25 bits per heavy atom. The summed E-state index contributed by atoms with van der Waals surface area (Å²) in [5, 5.41) is 0. The fraction of sp³-hybridized carbons (Fsp3) is 0. The number of nitrogens with zero attached hydrogens (tertiary/aromatic N) is 1. The number of halogens is 1. The van der Waals surface area contributed by atoms with E-state index in [0.717, 1.165) is 11.3 Å². The van der Waals surface area contributed by atoms with Gasteiger partial charge in [0.05, 0.1) is 5.69 Å². The summed E-state index contributed by atoms with van der Waals surface area (Å²) in [6, 6.07) is 12.8. The van der Waals surface area contributed by atoms with Crippen molar-refractivity contribution >= 4 is 18.3 Å². The lowest BCUT2D eigenvalue weighted by Gasteiger charge is -2.00. The van der Waals surface area contributed by atoms with Gasteiger partial charge in [0.2, 0.25) is 5.91 Å². The van der Waals surface area contributed by atoms with Crippen LogP contribution in [0, 0.1) is 0 Å². The number of amides is 1. The Morgan fingerprint density at radius 2 is 1.75 bits per heavy atom. The van der Waals surface area contributed by atoms with Gasteiger partial charge in [-0.2, -0.15) is 0 Å². The number of benzene rings is 1. The molecule has 4 heteroatoms. The predicted molar refractivity (Wildman–Crippen MR) is 65.4 cm³/mol. The van der Waals surface area contributed by atoms with Crippen LogP contribution in [0.1, 0.15) is 10.4 Å². The second-order valence-electron chi connectivity index (χ2n) is 3.16. The highest BCUT2D eigenvalue weighted by Crippen LogP contribution is 2.16. The van der Waals surface area contributed by atoms with Crippen LogP contribution >= 0.6 is 12.4 Å². The molecule has 0 aliphatic rings. The molecule has 0 saturated heterocycles. The van der Waals surface area contributed by atoms with Gasteiger partial charge in [-0.05, 0) is 24.3 Å². The highest BCUT2D eigenvalue weighted by molar-refractivity contribution is 5.93. The van der Waals surface area contributed by atoms with Crippen LogP contribution in [0.4, 0.5) is 0 Å². The maximum atomic E-state index is 10.9. The number of hydrogen-bond acceptors (Lipinski definition) is 2. The van der Waals surface area contributed by atoms with E-state index in [1.165, 1.54) is 0 Å². The Labute approximate surface area is 99.7 Å². The van der Waals surface area contributed by atoms with Gasteiger partial charge in [-0.25, -0.2) is 0 Å². The highest BCUT2D eigenvalue weighted by Gasteiger charge is 2.01. The molecule has 0 aliphatic heterocycles. The first-order valence-electron chi connectivity index (χ1n) is 4.58. The minimum absolute atomic E-state index is 0. The quantitative estimate of drug-likeness (QED) is 0.867. The number of aromatic nitrogens is 1. The van der Waals surface area contributed by atoms with Gasteiger partial charge in [-0.3, -0.25) is 9.78 Å². The average molecular weight is 235 g/mol. The van der Waals surface area contributed by atoms with E-state index >= 15 is 0 Å². The van der Waals surface area contributed by atoms with Gasteiger partial charge in [-0.1, -0.05) is 18.2 Å². The maximum Gasteiger partial charge on any atom is 0.248 e. The van der Waals surface area contributed by atoms with Crippen molar-refractivity contribution in [1.29, 1.82) is 0 Å². The van der Waals surface area contributed by atoms with E-state index in [-0.39, 0.29) is 12.4 Å². The summed E-state index contributed by atoms with van der Waals surface area (Å²) in [4.78, 5) is 15.1. The first-order valence-corrected chi connectivity index (χ1v) is 4.58. The van der Waals surface area contributed by atoms with Crippen LogP contribution in [0.15, 0.2) is 48.7 Å². The topological polar surface area (TPSA) is 56.0 Å². The molecule has 3 nitrogen and oxygen atoms in total. The zero-order valence-electron chi connectivity index (χ0n) is 8.46. The Bertz CT molecular complexity index is 468. The summed E-state index contributed by atoms with van der Waals surface area (Å²) in [5.74, 6) is -0.414. The van der Waals surface area contributed by atoms with Gasteiger partial charge in [-0.15, -0.1) is 12.4 Å². The smallest absolute Gasteiger partial charge is 0.248 e. The van der Waals surface area contributed by atoms with Crippen LogP contribution in [0.25, 0.3) is 11.3 Å². The van der Waals surface area contributed by atoms with Crippen molar-refractivity contribution < 1.29 is 4.79 Å². The Morgan fingerprint density at radius 1 is 1.06 bits per heavy atom. The molecule has 1 heterocycles. The van der Waals surface area contributed by atoms with Gasteiger partial charge in [0.15, 0.2) is 0 Å². The minimum Gasteiger partial charge on any atom is -0.366 e. The van der Waals surface area contributed by atoms with Crippen molar-refractivity contribution in [2.75, 3.05) is 0 Å². The molecule has 2 rings (SSSR count). The zero-order valence-corrected chi connectivity index (χ0v) is 9.28. The van der Waals surface area contributed by atoms with E-state index in [2.05, 4.69) is 4.98 Å². The third-order valence-corrected chi connectivity index (χ3v) is 2.13. The third kappa shape index (κ3) is 2.58. The number of primary amides is 1. The molecule has 0 bridgehead atoms. The van der Waals surface area contributed by atoms with E-state index < -0.39 is 5.91 Å². The van der Waals surface area contributed by atoms with Gasteiger partial charge in [0, 0.05) is 17.3 Å². The fourth-order valence-electron chi connectivity index (χ4n) is 1.34. The molecular formula is C12H11ClN2O. The average Bonchev–Trinajstić information content (AvgIpc) is 2.30. The van der Waals surface area contributed by atoms with Crippen molar-refractivity contribution in [3.05, 3.63) is 54.2 Å². The molecule has 0 saturated carbocycles. The summed E-state index contributed by atoms with van der Waals surface area (Å²) in [5.41, 5.74) is 7.51. The van der Waals surface area contributed by atoms with E-state index in [0.29, 0.717) is 5.56 Å². The van der Waals surface area contributed by atoms with Crippen LogP contribution in [-0.2, 0) is 0 Å². The Hall–Kier alpha value is -1.87.